The van der Waals surface area contributed by atoms with E-state index in [0.717, 1.165) is 0 Å². The highest BCUT2D eigenvalue weighted by molar-refractivity contribution is 5.91. The highest BCUT2D eigenvalue weighted by atomic mass is 19.4. The standard InChI is InChI=1S/C16H17F3N2O4/c17-16(18,19)9-21-8-11(7-13(21)22)14(23)20-12(15(24)25)6-10-4-2-1-3-5-10/h1-5,11-12H,6-9H2,(H,20,23)(H,24,25)/t11?,12-/m0/s1. The summed E-state index contributed by atoms with van der Waals surface area (Å²) in [5, 5.41) is 11.6. The van der Waals surface area contributed by atoms with Crippen molar-refractivity contribution in [1.82, 2.24) is 10.2 Å². The fourth-order valence-electron chi connectivity index (χ4n) is 2.66. The maximum absolute atomic E-state index is 12.4. The second kappa shape index (κ2) is 7.54. The smallest absolute Gasteiger partial charge is 0.406 e. The monoisotopic (exact) mass is 358 g/mol. The zero-order valence-corrected chi connectivity index (χ0v) is 13.1. The molecule has 1 unspecified atom stereocenters. The van der Waals surface area contributed by atoms with Crippen LogP contribution in [0.15, 0.2) is 30.3 Å². The maximum Gasteiger partial charge on any atom is 0.406 e. The van der Waals surface area contributed by atoms with Crippen LogP contribution in [0.25, 0.3) is 0 Å². The van der Waals surface area contributed by atoms with E-state index in [2.05, 4.69) is 5.32 Å². The minimum atomic E-state index is -4.54. The maximum atomic E-state index is 12.4. The summed E-state index contributed by atoms with van der Waals surface area (Å²) in [6.07, 6.45) is -4.87. The molecule has 25 heavy (non-hydrogen) atoms. The molecule has 0 bridgehead atoms. The van der Waals surface area contributed by atoms with Crippen LogP contribution in [0.2, 0.25) is 0 Å². The molecule has 6 nitrogen and oxygen atoms in total. The van der Waals surface area contributed by atoms with E-state index < -0.39 is 42.5 Å². The van der Waals surface area contributed by atoms with Crippen molar-refractivity contribution in [3.63, 3.8) is 0 Å². The molecule has 0 aromatic heterocycles. The first kappa shape index (κ1) is 18.8. The van der Waals surface area contributed by atoms with Gasteiger partial charge in [-0.25, -0.2) is 4.79 Å². The molecule has 2 N–H and O–H groups in total. The van der Waals surface area contributed by atoms with Crippen molar-refractivity contribution < 1.29 is 32.7 Å². The third-order valence-electron chi connectivity index (χ3n) is 3.85. The van der Waals surface area contributed by atoms with Crippen LogP contribution in [0, 0.1) is 5.92 Å². The third-order valence-corrected chi connectivity index (χ3v) is 3.85. The van der Waals surface area contributed by atoms with E-state index in [-0.39, 0.29) is 19.4 Å². The zero-order valence-electron chi connectivity index (χ0n) is 13.1. The largest absolute Gasteiger partial charge is 0.480 e. The van der Waals surface area contributed by atoms with Crippen molar-refractivity contribution in [1.29, 1.82) is 0 Å². The molecule has 1 saturated heterocycles. The third kappa shape index (κ3) is 5.47. The predicted octanol–water partition coefficient (Wildman–Crippen LogP) is 1.21. The molecule has 1 heterocycles. The molecule has 2 rings (SSSR count). The molecule has 0 spiro atoms. The summed E-state index contributed by atoms with van der Waals surface area (Å²) in [5.74, 6) is -3.75. The fraction of sp³-hybridized carbons (Fsp3) is 0.438. The van der Waals surface area contributed by atoms with Gasteiger partial charge in [-0.2, -0.15) is 13.2 Å². The number of amides is 2. The lowest BCUT2D eigenvalue weighted by atomic mass is 10.0. The van der Waals surface area contributed by atoms with E-state index in [1.807, 2.05) is 0 Å². The number of likely N-dealkylation sites (tertiary alicyclic amines) is 1. The Morgan fingerprint density at radius 2 is 1.92 bits per heavy atom. The van der Waals surface area contributed by atoms with Gasteiger partial charge in [-0.1, -0.05) is 30.3 Å². The minimum absolute atomic E-state index is 0.0366. The second-order valence-electron chi connectivity index (χ2n) is 5.88. The van der Waals surface area contributed by atoms with Crippen LogP contribution in [-0.2, 0) is 20.8 Å². The number of hydrogen-bond donors (Lipinski definition) is 2. The van der Waals surface area contributed by atoms with Gasteiger partial charge in [0.05, 0.1) is 5.92 Å². The van der Waals surface area contributed by atoms with Crippen molar-refractivity contribution in [3.05, 3.63) is 35.9 Å². The molecule has 136 valence electrons. The highest BCUT2D eigenvalue weighted by Crippen LogP contribution is 2.24. The Bertz CT molecular complexity index is 649. The average Bonchev–Trinajstić information content (AvgIpc) is 2.86. The zero-order chi connectivity index (χ0) is 18.6. The summed E-state index contributed by atoms with van der Waals surface area (Å²) in [7, 11) is 0. The number of aliphatic carboxylic acids is 1. The summed E-state index contributed by atoms with van der Waals surface area (Å²) in [5.41, 5.74) is 0.691. The van der Waals surface area contributed by atoms with Crippen LogP contribution < -0.4 is 5.32 Å². The molecule has 1 aromatic rings. The summed E-state index contributed by atoms with van der Waals surface area (Å²) in [4.78, 5) is 35.7. The fourth-order valence-corrected chi connectivity index (χ4v) is 2.66. The Kier molecular flexibility index (Phi) is 5.66. The van der Waals surface area contributed by atoms with Crippen molar-refractivity contribution in [3.8, 4) is 0 Å². The van der Waals surface area contributed by atoms with Gasteiger partial charge in [0.2, 0.25) is 11.8 Å². The number of alkyl halides is 3. The van der Waals surface area contributed by atoms with Crippen LogP contribution in [0.4, 0.5) is 13.2 Å². The Balaban J connectivity index is 1.97. The summed E-state index contributed by atoms with van der Waals surface area (Å²) in [6.45, 7) is -1.79. The van der Waals surface area contributed by atoms with Gasteiger partial charge in [0.25, 0.3) is 0 Å². The van der Waals surface area contributed by atoms with Crippen molar-refractivity contribution >= 4 is 17.8 Å². The first-order valence-corrected chi connectivity index (χ1v) is 7.57. The molecule has 0 radical (unpaired) electrons. The van der Waals surface area contributed by atoms with E-state index in [1.165, 1.54) is 0 Å². The van der Waals surface area contributed by atoms with E-state index >= 15 is 0 Å². The van der Waals surface area contributed by atoms with Gasteiger partial charge in [0.1, 0.15) is 12.6 Å². The lowest BCUT2D eigenvalue weighted by molar-refractivity contribution is -0.157. The molecule has 1 aromatic carbocycles. The number of carbonyl (C=O) groups is 3. The van der Waals surface area contributed by atoms with Gasteiger partial charge in [0, 0.05) is 19.4 Å². The van der Waals surface area contributed by atoms with Crippen LogP contribution in [0.1, 0.15) is 12.0 Å². The Hall–Kier alpha value is -2.58. The van der Waals surface area contributed by atoms with Crippen LogP contribution in [0.3, 0.4) is 0 Å². The molecule has 9 heteroatoms. The number of rotatable bonds is 6. The van der Waals surface area contributed by atoms with Gasteiger partial charge < -0.3 is 15.3 Å². The van der Waals surface area contributed by atoms with Crippen LogP contribution in [-0.4, -0.2) is 53.1 Å². The van der Waals surface area contributed by atoms with Crippen LogP contribution in [0.5, 0.6) is 0 Å². The molecule has 1 aliphatic rings. The molecule has 0 aliphatic carbocycles. The average molecular weight is 358 g/mol. The number of benzene rings is 1. The van der Waals surface area contributed by atoms with Crippen LogP contribution >= 0.6 is 0 Å². The Morgan fingerprint density at radius 1 is 1.28 bits per heavy atom. The minimum Gasteiger partial charge on any atom is -0.480 e. The highest BCUT2D eigenvalue weighted by Gasteiger charge is 2.41. The quantitative estimate of drug-likeness (QED) is 0.800. The summed E-state index contributed by atoms with van der Waals surface area (Å²) >= 11 is 0. The van der Waals surface area contributed by atoms with Crippen molar-refractivity contribution in [2.24, 2.45) is 5.92 Å². The lowest BCUT2D eigenvalue weighted by Gasteiger charge is -2.19. The van der Waals surface area contributed by atoms with Gasteiger partial charge in [-0.15, -0.1) is 0 Å². The number of carboxylic acids is 1. The van der Waals surface area contributed by atoms with Crippen molar-refractivity contribution in [2.75, 3.05) is 13.1 Å². The number of carboxylic acid groups (broad SMARTS) is 1. The molecular formula is C16H17F3N2O4. The Labute approximate surface area is 141 Å². The molecule has 1 aliphatic heterocycles. The van der Waals surface area contributed by atoms with E-state index in [0.29, 0.717) is 10.5 Å². The Morgan fingerprint density at radius 3 is 2.48 bits per heavy atom. The summed E-state index contributed by atoms with van der Waals surface area (Å²) < 4.78 is 37.2. The van der Waals surface area contributed by atoms with E-state index in [4.69, 9.17) is 0 Å². The number of halogens is 3. The molecular weight excluding hydrogens is 341 g/mol. The van der Waals surface area contributed by atoms with Gasteiger partial charge in [-0.05, 0) is 5.56 Å². The predicted molar refractivity (Wildman–Crippen MR) is 80.5 cm³/mol. The molecule has 1 fully saturated rings. The van der Waals surface area contributed by atoms with E-state index in [1.54, 1.807) is 30.3 Å². The number of carbonyl (C=O) groups excluding carboxylic acids is 2. The second-order valence-corrected chi connectivity index (χ2v) is 5.88. The first-order valence-electron chi connectivity index (χ1n) is 7.57. The molecule has 0 saturated carbocycles. The summed E-state index contributed by atoms with van der Waals surface area (Å²) in [6, 6.07) is 7.39. The van der Waals surface area contributed by atoms with Gasteiger partial charge in [-0.3, -0.25) is 9.59 Å². The number of nitrogens with one attached hydrogen (secondary N) is 1. The first-order chi connectivity index (χ1) is 11.7. The molecule has 2 amide bonds. The number of nitrogens with zero attached hydrogens (tertiary/aromatic N) is 1. The topological polar surface area (TPSA) is 86.7 Å². The van der Waals surface area contributed by atoms with Gasteiger partial charge in [0.15, 0.2) is 0 Å². The number of hydrogen-bond acceptors (Lipinski definition) is 3. The van der Waals surface area contributed by atoms with E-state index in [9.17, 15) is 32.7 Å². The van der Waals surface area contributed by atoms with Crippen molar-refractivity contribution in [2.45, 2.75) is 25.1 Å². The molecule has 2 atom stereocenters. The van der Waals surface area contributed by atoms with Gasteiger partial charge >= 0.3 is 12.1 Å². The normalized spacial score (nSPS) is 18.9. The SMILES string of the molecule is O=C(N[C@@H](Cc1ccccc1)C(=O)O)C1CC(=O)N(CC(F)(F)F)C1. The lowest BCUT2D eigenvalue weighted by Crippen LogP contribution is -2.45.